The smallest absolute Gasteiger partial charge is 0.243 e. The third-order valence-corrected chi connectivity index (χ3v) is 6.79. The third-order valence-electron chi connectivity index (χ3n) is 4.88. The van der Waals surface area contributed by atoms with Crippen LogP contribution < -0.4 is 5.73 Å². The van der Waals surface area contributed by atoms with E-state index in [1.165, 1.54) is 0 Å². The highest BCUT2D eigenvalue weighted by molar-refractivity contribution is 7.89. The molecule has 1 amide bonds. The standard InChI is InChI=1S/C19H31N3O3S/c1-19(2,14-20)15-21(3)18(23)13-16-7-9-17(10-8-16)26(24,25)22-11-5-4-6-12-22/h7-10H,4-6,11-15,20H2,1-3H3. The van der Waals surface area contributed by atoms with Crippen LogP contribution in [0.4, 0.5) is 0 Å². The molecule has 1 saturated heterocycles. The van der Waals surface area contributed by atoms with Gasteiger partial charge in [0.25, 0.3) is 0 Å². The monoisotopic (exact) mass is 381 g/mol. The van der Waals surface area contributed by atoms with Crippen molar-refractivity contribution in [1.29, 1.82) is 0 Å². The van der Waals surface area contributed by atoms with Crippen molar-refractivity contribution < 1.29 is 13.2 Å². The van der Waals surface area contributed by atoms with Gasteiger partial charge in [-0.3, -0.25) is 4.79 Å². The number of nitrogens with zero attached hydrogens (tertiary/aromatic N) is 2. The number of carbonyl (C=O) groups excluding carboxylic acids is 1. The highest BCUT2D eigenvalue weighted by Crippen LogP contribution is 2.21. The first-order valence-electron chi connectivity index (χ1n) is 9.19. The number of likely N-dealkylation sites (N-methyl/N-ethyl adjacent to an activating group) is 1. The maximum atomic E-state index is 12.7. The van der Waals surface area contributed by atoms with Crippen molar-refractivity contribution in [2.75, 3.05) is 33.2 Å². The minimum atomic E-state index is -3.43. The lowest BCUT2D eigenvalue weighted by Crippen LogP contribution is -2.40. The van der Waals surface area contributed by atoms with E-state index in [9.17, 15) is 13.2 Å². The van der Waals surface area contributed by atoms with Crippen molar-refractivity contribution in [3.63, 3.8) is 0 Å². The van der Waals surface area contributed by atoms with Crippen molar-refractivity contribution >= 4 is 15.9 Å². The van der Waals surface area contributed by atoms with Crippen LogP contribution in [0.25, 0.3) is 0 Å². The van der Waals surface area contributed by atoms with Crippen molar-refractivity contribution in [2.24, 2.45) is 11.1 Å². The van der Waals surface area contributed by atoms with E-state index in [0.29, 0.717) is 31.1 Å². The van der Waals surface area contributed by atoms with E-state index in [1.54, 1.807) is 40.5 Å². The molecule has 0 aliphatic carbocycles. The zero-order valence-corrected chi connectivity index (χ0v) is 16.9. The number of benzene rings is 1. The number of amides is 1. The second kappa shape index (κ2) is 8.50. The molecule has 2 rings (SSSR count). The quantitative estimate of drug-likeness (QED) is 0.781. The van der Waals surface area contributed by atoms with E-state index in [4.69, 9.17) is 5.73 Å². The number of rotatable bonds is 7. The summed E-state index contributed by atoms with van der Waals surface area (Å²) >= 11 is 0. The van der Waals surface area contributed by atoms with Gasteiger partial charge < -0.3 is 10.6 Å². The molecule has 2 N–H and O–H groups in total. The number of nitrogens with two attached hydrogens (primary N) is 1. The Bertz CT molecular complexity index is 708. The van der Waals surface area contributed by atoms with Gasteiger partial charge in [-0.25, -0.2) is 8.42 Å². The minimum absolute atomic E-state index is 0.00170. The predicted octanol–water partition coefficient (Wildman–Crippen LogP) is 1.85. The summed E-state index contributed by atoms with van der Waals surface area (Å²) < 4.78 is 26.9. The zero-order valence-electron chi connectivity index (χ0n) is 16.1. The van der Waals surface area contributed by atoms with Crippen LogP contribution in [0.2, 0.25) is 0 Å². The van der Waals surface area contributed by atoms with Gasteiger partial charge in [0.1, 0.15) is 0 Å². The van der Waals surface area contributed by atoms with E-state index in [1.807, 2.05) is 13.8 Å². The van der Waals surface area contributed by atoms with Gasteiger partial charge in [-0.1, -0.05) is 32.4 Å². The summed E-state index contributed by atoms with van der Waals surface area (Å²) in [4.78, 5) is 14.4. The maximum absolute atomic E-state index is 12.7. The molecule has 7 heteroatoms. The van der Waals surface area contributed by atoms with Crippen LogP contribution in [-0.4, -0.2) is 56.8 Å². The van der Waals surface area contributed by atoms with Crippen molar-refractivity contribution in [2.45, 2.75) is 44.4 Å². The fraction of sp³-hybridized carbons (Fsp3) is 0.632. The van der Waals surface area contributed by atoms with Gasteiger partial charge in [-0.15, -0.1) is 0 Å². The molecule has 0 unspecified atom stereocenters. The molecule has 0 atom stereocenters. The van der Waals surface area contributed by atoms with E-state index < -0.39 is 10.0 Å². The Labute approximate surface area is 157 Å². The summed E-state index contributed by atoms with van der Waals surface area (Å²) in [5.41, 5.74) is 6.41. The van der Waals surface area contributed by atoms with Crippen LogP contribution in [0.3, 0.4) is 0 Å². The van der Waals surface area contributed by atoms with Crippen LogP contribution in [-0.2, 0) is 21.2 Å². The molecule has 1 heterocycles. The van der Waals surface area contributed by atoms with E-state index in [2.05, 4.69) is 0 Å². The summed E-state index contributed by atoms with van der Waals surface area (Å²) in [5, 5.41) is 0. The Morgan fingerprint density at radius 3 is 2.27 bits per heavy atom. The molecule has 26 heavy (non-hydrogen) atoms. The lowest BCUT2D eigenvalue weighted by Gasteiger charge is -2.29. The molecule has 6 nitrogen and oxygen atoms in total. The van der Waals surface area contributed by atoms with Gasteiger partial charge in [-0.05, 0) is 42.5 Å². The highest BCUT2D eigenvalue weighted by Gasteiger charge is 2.26. The fourth-order valence-corrected chi connectivity index (χ4v) is 4.66. The summed E-state index contributed by atoms with van der Waals surface area (Å²) in [6.07, 6.45) is 3.16. The largest absolute Gasteiger partial charge is 0.345 e. The average Bonchev–Trinajstić information content (AvgIpc) is 2.62. The Morgan fingerprint density at radius 1 is 1.15 bits per heavy atom. The zero-order chi connectivity index (χ0) is 19.4. The Hall–Kier alpha value is -1.44. The average molecular weight is 382 g/mol. The first kappa shape index (κ1) is 20.9. The molecule has 0 bridgehead atoms. The van der Waals surface area contributed by atoms with Crippen LogP contribution in [0.15, 0.2) is 29.2 Å². The number of carbonyl (C=O) groups is 1. The molecular formula is C19H31N3O3S. The first-order chi connectivity index (χ1) is 12.2. The van der Waals surface area contributed by atoms with Crippen LogP contribution in [0.1, 0.15) is 38.7 Å². The molecule has 0 aromatic heterocycles. The van der Waals surface area contributed by atoms with Crippen LogP contribution in [0.5, 0.6) is 0 Å². The summed E-state index contributed by atoms with van der Waals surface area (Å²) in [6, 6.07) is 6.68. The summed E-state index contributed by atoms with van der Waals surface area (Å²) in [5.74, 6) is -0.00170. The van der Waals surface area contributed by atoms with Gasteiger partial charge in [-0.2, -0.15) is 4.31 Å². The number of piperidine rings is 1. The van der Waals surface area contributed by atoms with Gasteiger partial charge >= 0.3 is 0 Å². The predicted molar refractivity (Wildman–Crippen MR) is 103 cm³/mol. The van der Waals surface area contributed by atoms with Crippen LogP contribution in [0, 0.1) is 5.41 Å². The molecule has 0 radical (unpaired) electrons. The summed E-state index contributed by atoms with van der Waals surface area (Å²) in [6.45, 7) is 6.32. The van der Waals surface area contributed by atoms with Gasteiger partial charge in [0.15, 0.2) is 0 Å². The highest BCUT2D eigenvalue weighted by atomic mass is 32.2. The SMILES string of the molecule is CN(CC(C)(C)CN)C(=O)Cc1ccc(S(=O)(=O)N2CCCCC2)cc1. The summed E-state index contributed by atoms with van der Waals surface area (Å²) in [7, 11) is -1.65. The normalized spacial score (nSPS) is 16.5. The number of hydrogen-bond acceptors (Lipinski definition) is 4. The fourth-order valence-electron chi connectivity index (χ4n) is 3.14. The maximum Gasteiger partial charge on any atom is 0.243 e. The second-order valence-electron chi connectivity index (χ2n) is 7.90. The van der Waals surface area contributed by atoms with Gasteiger partial charge in [0, 0.05) is 26.7 Å². The molecule has 1 aliphatic rings. The number of hydrogen-bond donors (Lipinski definition) is 1. The Kier molecular flexibility index (Phi) is 6.82. The second-order valence-corrected chi connectivity index (χ2v) is 9.84. The van der Waals surface area contributed by atoms with Gasteiger partial charge in [0.2, 0.25) is 15.9 Å². The first-order valence-corrected chi connectivity index (χ1v) is 10.6. The van der Waals surface area contributed by atoms with Crippen molar-refractivity contribution in [3.05, 3.63) is 29.8 Å². The number of sulfonamides is 1. The van der Waals surface area contributed by atoms with E-state index in [-0.39, 0.29) is 17.7 Å². The molecular weight excluding hydrogens is 350 g/mol. The molecule has 0 saturated carbocycles. The topological polar surface area (TPSA) is 83.7 Å². The molecule has 0 spiro atoms. The van der Waals surface area contributed by atoms with Gasteiger partial charge in [0.05, 0.1) is 11.3 Å². The minimum Gasteiger partial charge on any atom is -0.345 e. The molecule has 1 aliphatic heterocycles. The van der Waals surface area contributed by atoms with Crippen molar-refractivity contribution in [3.8, 4) is 0 Å². The lowest BCUT2D eigenvalue weighted by molar-refractivity contribution is -0.130. The van der Waals surface area contributed by atoms with Crippen LogP contribution >= 0.6 is 0 Å². The Balaban J connectivity index is 2.02. The van der Waals surface area contributed by atoms with E-state index >= 15 is 0 Å². The Morgan fingerprint density at radius 2 is 1.73 bits per heavy atom. The third kappa shape index (κ3) is 5.28. The molecule has 1 fully saturated rings. The molecule has 1 aromatic carbocycles. The lowest BCUT2D eigenvalue weighted by atomic mass is 9.93. The van der Waals surface area contributed by atoms with E-state index in [0.717, 1.165) is 24.8 Å². The van der Waals surface area contributed by atoms with Crippen molar-refractivity contribution in [1.82, 2.24) is 9.21 Å². The molecule has 146 valence electrons. The molecule has 1 aromatic rings.